The van der Waals surface area contributed by atoms with Gasteiger partial charge in [0, 0.05) is 36.2 Å². The summed E-state index contributed by atoms with van der Waals surface area (Å²) in [5.41, 5.74) is 4.77. The van der Waals surface area contributed by atoms with E-state index in [1.165, 1.54) is 12.8 Å². The van der Waals surface area contributed by atoms with Crippen LogP contribution in [0.2, 0.25) is 0 Å². The lowest BCUT2D eigenvalue weighted by Crippen LogP contribution is -2.45. The van der Waals surface area contributed by atoms with Crippen molar-refractivity contribution in [3.05, 3.63) is 65.1 Å². The summed E-state index contributed by atoms with van der Waals surface area (Å²) in [5, 5.41) is 4.86. The van der Waals surface area contributed by atoms with Crippen LogP contribution in [0.3, 0.4) is 0 Å². The predicted octanol–water partition coefficient (Wildman–Crippen LogP) is 3.59. The van der Waals surface area contributed by atoms with E-state index < -0.39 is 17.0 Å². The fraction of sp³-hybridized carbons (Fsp3) is 0.458. The summed E-state index contributed by atoms with van der Waals surface area (Å²) >= 11 is 0. The Bertz CT molecular complexity index is 1160. The number of carbonyl (C=O) groups is 1. The van der Waals surface area contributed by atoms with Crippen LogP contribution >= 0.6 is 0 Å². The standard InChI is InChI=1S/C24H29N5O2S/c1-16-14-19(17-11-12-17)25-22-15-20(26-29(16)22)21-10-6-7-13-28(21)24(30)23(27-32(2)31)18-8-4-3-5-9-18/h3-5,8-9,14-15,17,21,23,27H,6-7,10-13H2,1-2H3. The fourth-order valence-corrected chi connectivity index (χ4v) is 5.23. The number of nitrogens with zero attached hydrogens (tertiary/aromatic N) is 4. The van der Waals surface area contributed by atoms with E-state index in [0.717, 1.165) is 47.6 Å². The van der Waals surface area contributed by atoms with Crippen molar-refractivity contribution in [2.75, 3.05) is 12.8 Å². The maximum atomic E-state index is 13.7. The zero-order chi connectivity index (χ0) is 22.2. The molecule has 3 heterocycles. The lowest BCUT2D eigenvalue weighted by molar-refractivity contribution is -0.137. The molecule has 3 aromatic rings. The summed E-state index contributed by atoms with van der Waals surface area (Å²) < 4.78 is 16.9. The van der Waals surface area contributed by atoms with Gasteiger partial charge < -0.3 is 4.90 Å². The van der Waals surface area contributed by atoms with E-state index in [9.17, 15) is 9.00 Å². The largest absolute Gasteiger partial charge is 0.332 e. The van der Waals surface area contributed by atoms with Crippen LogP contribution in [0, 0.1) is 6.92 Å². The second kappa shape index (κ2) is 8.75. The molecular formula is C24H29N5O2S. The molecule has 168 valence electrons. The normalized spacial score (nSPS) is 20.9. The lowest BCUT2D eigenvalue weighted by Gasteiger charge is -2.37. The minimum absolute atomic E-state index is 0.0588. The number of piperidine rings is 1. The Morgan fingerprint density at radius 1 is 1.12 bits per heavy atom. The first-order valence-electron chi connectivity index (χ1n) is 11.3. The highest BCUT2D eigenvalue weighted by molar-refractivity contribution is 7.82. The third-order valence-corrected chi connectivity index (χ3v) is 7.00. The van der Waals surface area contributed by atoms with Gasteiger partial charge in [0.1, 0.15) is 6.04 Å². The van der Waals surface area contributed by atoms with Gasteiger partial charge in [-0.15, -0.1) is 0 Å². The van der Waals surface area contributed by atoms with E-state index in [1.54, 1.807) is 6.26 Å². The van der Waals surface area contributed by atoms with Crippen molar-refractivity contribution < 1.29 is 9.00 Å². The van der Waals surface area contributed by atoms with Crippen LogP contribution in [0.4, 0.5) is 0 Å². The molecule has 2 fully saturated rings. The van der Waals surface area contributed by atoms with Crippen molar-refractivity contribution in [1.82, 2.24) is 24.2 Å². The summed E-state index contributed by atoms with van der Waals surface area (Å²) in [7, 11) is -1.32. The Kier molecular flexibility index (Phi) is 5.82. The maximum absolute atomic E-state index is 13.7. The molecule has 1 N–H and O–H groups in total. The molecule has 1 aliphatic carbocycles. The second-order valence-corrected chi connectivity index (χ2v) is 10.0. The Labute approximate surface area is 190 Å². The molecule has 3 unspecified atom stereocenters. The minimum atomic E-state index is -1.32. The number of rotatable bonds is 6. The molecule has 0 bridgehead atoms. The molecule has 1 saturated carbocycles. The van der Waals surface area contributed by atoms with Crippen LogP contribution in [0.1, 0.15) is 72.8 Å². The number of likely N-dealkylation sites (tertiary alicyclic amines) is 1. The highest BCUT2D eigenvalue weighted by atomic mass is 32.2. The van der Waals surface area contributed by atoms with Crippen LogP contribution in [-0.4, -0.2) is 42.4 Å². The van der Waals surface area contributed by atoms with Crippen molar-refractivity contribution in [2.24, 2.45) is 0 Å². The van der Waals surface area contributed by atoms with Crippen molar-refractivity contribution in [3.63, 3.8) is 0 Å². The van der Waals surface area contributed by atoms with E-state index in [1.807, 2.05) is 45.8 Å². The topological polar surface area (TPSA) is 79.6 Å². The molecule has 1 aliphatic heterocycles. The molecule has 0 spiro atoms. The van der Waals surface area contributed by atoms with Gasteiger partial charge in [-0.2, -0.15) is 5.10 Å². The summed E-state index contributed by atoms with van der Waals surface area (Å²) in [6.07, 6.45) is 6.84. The number of nitrogens with one attached hydrogen (secondary N) is 1. The molecule has 2 aliphatic rings. The number of aromatic nitrogens is 3. The highest BCUT2D eigenvalue weighted by Crippen LogP contribution is 2.40. The van der Waals surface area contributed by atoms with Crippen LogP contribution in [-0.2, 0) is 15.8 Å². The van der Waals surface area contributed by atoms with Gasteiger partial charge in [0.2, 0.25) is 5.91 Å². The van der Waals surface area contributed by atoms with Crippen LogP contribution in [0.5, 0.6) is 0 Å². The number of benzene rings is 1. The van der Waals surface area contributed by atoms with Gasteiger partial charge in [0.05, 0.1) is 22.7 Å². The van der Waals surface area contributed by atoms with E-state index in [4.69, 9.17) is 10.1 Å². The Morgan fingerprint density at radius 3 is 2.62 bits per heavy atom. The molecular weight excluding hydrogens is 422 g/mol. The van der Waals surface area contributed by atoms with Gasteiger partial charge in [-0.25, -0.2) is 18.4 Å². The quantitative estimate of drug-likeness (QED) is 0.621. The summed E-state index contributed by atoms with van der Waals surface area (Å²) in [6, 6.07) is 12.9. The van der Waals surface area contributed by atoms with Crippen molar-refractivity contribution in [2.45, 2.75) is 57.0 Å². The van der Waals surface area contributed by atoms with Gasteiger partial charge in [0.15, 0.2) is 5.65 Å². The predicted molar refractivity (Wildman–Crippen MR) is 124 cm³/mol. The van der Waals surface area contributed by atoms with E-state index in [2.05, 4.69) is 17.7 Å². The Morgan fingerprint density at radius 2 is 1.91 bits per heavy atom. The average molecular weight is 452 g/mol. The van der Waals surface area contributed by atoms with Crippen LogP contribution in [0.15, 0.2) is 42.5 Å². The van der Waals surface area contributed by atoms with E-state index in [0.29, 0.717) is 12.5 Å². The smallest absolute Gasteiger partial charge is 0.245 e. The van der Waals surface area contributed by atoms with Crippen LogP contribution < -0.4 is 4.72 Å². The van der Waals surface area contributed by atoms with Crippen molar-refractivity contribution in [1.29, 1.82) is 0 Å². The van der Waals surface area contributed by atoms with Crippen LogP contribution in [0.25, 0.3) is 5.65 Å². The number of aryl methyl sites for hydroxylation is 1. The number of hydrogen-bond acceptors (Lipinski definition) is 4. The van der Waals surface area contributed by atoms with Gasteiger partial charge >= 0.3 is 0 Å². The zero-order valence-corrected chi connectivity index (χ0v) is 19.3. The lowest BCUT2D eigenvalue weighted by atomic mass is 9.97. The number of hydrogen-bond donors (Lipinski definition) is 1. The molecule has 32 heavy (non-hydrogen) atoms. The molecule has 8 heteroatoms. The molecule has 5 rings (SSSR count). The maximum Gasteiger partial charge on any atom is 0.245 e. The van der Waals surface area contributed by atoms with E-state index in [-0.39, 0.29) is 11.9 Å². The third kappa shape index (κ3) is 4.21. The molecule has 1 aromatic carbocycles. The SMILES string of the molecule is Cc1cc(C2CC2)nc2cc(C3CCCCN3C(=O)C(NS(C)=O)c3ccccc3)nn12. The second-order valence-electron chi connectivity index (χ2n) is 8.89. The molecule has 7 nitrogen and oxygen atoms in total. The van der Waals surface area contributed by atoms with Crippen molar-refractivity contribution in [3.8, 4) is 0 Å². The molecule has 0 radical (unpaired) electrons. The minimum Gasteiger partial charge on any atom is -0.332 e. The first-order valence-corrected chi connectivity index (χ1v) is 12.9. The molecule has 1 saturated heterocycles. The average Bonchev–Trinajstić information content (AvgIpc) is 3.56. The van der Waals surface area contributed by atoms with Gasteiger partial charge in [-0.05, 0) is 50.7 Å². The first kappa shape index (κ1) is 21.3. The number of amides is 1. The fourth-order valence-electron chi connectivity index (χ4n) is 4.66. The first-order chi connectivity index (χ1) is 15.5. The van der Waals surface area contributed by atoms with Crippen molar-refractivity contribution >= 4 is 22.5 Å². The molecule has 3 atom stereocenters. The Hall–Kier alpha value is -2.58. The summed E-state index contributed by atoms with van der Waals surface area (Å²) in [4.78, 5) is 20.5. The van der Waals surface area contributed by atoms with Gasteiger partial charge in [-0.3, -0.25) is 4.79 Å². The van der Waals surface area contributed by atoms with Gasteiger partial charge in [0.25, 0.3) is 0 Å². The Balaban J connectivity index is 1.48. The monoisotopic (exact) mass is 451 g/mol. The number of carbonyl (C=O) groups excluding carboxylic acids is 1. The van der Waals surface area contributed by atoms with Gasteiger partial charge in [-0.1, -0.05) is 30.3 Å². The molecule has 2 aromatic heterocycles. The zero-order valence-electron chi connectivity index (χ0n) is 18.5. The highest BCUT2D eigenvalue weighted by Gasteiger charge is 2.35. The summed E-state index contributed by atoms with van der Waals surface area (Å²) in [6.45, 7) is 2.73. The van der Waals surface area contributed by atoms with E-state index >= 15 is 0 Å². The molecule has 1 amide bonds. The number of fused-ring (bicyclic) bond motifs is 1. The summed E-state index contributed by atoms with van der Waals surface area (Å²) in [5.74, 6) is 0.522. The third-order valence-electron chi connectivity index (χ3n) is 6.43.